The van der Waals surface area contributed by atoms with Gasteiger partial charge in [0.15, 0.2) is 0 Å². The van der Waals surface area contributed by atoms with Gasteiger partial charge in [0.25, 0.3) is 0 Å². The van der Waals surface area contributed by atoms with E-state index in [4.69, 9.17) is 0 Å². The van der Waals surface area contributed by atoms with Gasteiger partial charge in [0.05, 0.1) is 12.3 Å². The molecule has 0 N–H and O–H groups in total. The molecule has 0 atom stereocenters. The van der Waals surface area contributed by atoms with Crippen molar-refractivity contribution in [3.8, 4) is 0 Å². The van der Waals surface area contributed by atoms with Crippen LogP contribution in [0.15, 0.2) is 0 Å². The van der Waals surface area contributed by atoms with Crippen molar-refractivity contribution < 1.29 is 13.2 Å². The van der Waals surface area contributed by atoms with E-state index in [1.165, 1.54) is 6.92 Å². The molecule has 1 fully saturated rings. The Hall–Kier alpha value is -0.580. The Bertz CT molecular complexity index is 230. The second-order valence-corrected chi connectivity index (χ2v) is 3.92. The normalized spacial score (nSPS) is 23.0. The smallest absolute Gasteiger partial charge is 0.239 e. The zero-order chi connectivity index (χ0) is 7.07. The van der Waals surface area contributed by atoms with Crippen molar-refractivity contribution >= 4 is 15.9 Å². The summed E-state index contributed by atoms with van der Waals surface area (Å²) in [5, 5.41) is 0. The van der Waals surface area contributed by atoms with Crippen LogP contribution in [0.3, 0.4) is 0 Å². The van der Waals surface area contributed by atoms with Crippen LogP contribution in [0.1, 0.15) is 6.92 Å². The van der Waals surface area contributed by atoms with E-state index < -0.39 is 10.0 Å². The fraction of sp³-hybridized carbons (Fsp3) is 0.750. The summed E-state index contributed by atoms with van der Waals surface area (Å²) in [7, 11) is -3.14. The number of rotatable bonds is 0. The van der Waals surface area contributed by atoms with Gasteiger partial charge < -0.3 is 0 Å². The molecule has 0 unspecified atom stereocenters. The van der Waals surface area contributed by atoms with Crippen LogP contribution in [0.25, 0.3) is 0 Å². The minimum atomic E-state index is -3.14. The lowest BCUT2D eigenvalue weighted by atomic mass is 10.6. The fourth-order valence-corrected chi connectivity index (χ4v) is 1.74. The number of hydrogen-bond donors (Lipinski definition) is 0. The quantitative estimate of drug-likeness (QED) is 0.452. The monoisotopic (exact) mass is 149 g/mol. The molecule has 0 bridgehead atoms. The first-order valence-corrected chi connectivity index (χ1v) is 4.16. The maximum atomic E-state index is 10.6. The van der Waals surface area contributed by atoms with Crippen LogP contribution in [-0.2, 0) is 14.8 Å². The Morgan fingerprint density at radius 1 is 1.56 bits per heavy atom. The van der Waals surface area contributed by atoms with E-state index >= 15 is 0 Å². The summed E-state index contributed by atoms with van der Waals surface area (Å²) >= 11 is 0. The predicted octanol–water partition coefficient (Wildman–Crippen LogP) is -0.822. The molecule has 1 aliphatic heterocycles. The molecular weight excluding hydrogens is 142 g/mol. The van der Waals surface area contributed by atoms with E-state index in [-0.39, 0.29) is 11.7 Å². The number of nitrogens with zero attached hydrogens (tertiary/aromatic N) is 1. The zero-order valence-electron chi connectivity index (χ0n) is 4.99. The van der Waals surface area contributed by atoms with Gasteiger partial charge in [-0.3, -0.25) is 4.79 Å². The first-order chi connectivity index (χ1) is 4.04. The van der Waals surface area contributed by atoms with Gasteiger partial charge in [-0.1, -0.05) is 0 Å². The lowest BCUT2D eigenvalue weighted by Gasteiger charge is -2.28. The van der Waals surface area contributed by atoms with Gasteiger partial charge in [0, 0.05) is 6.92 Å². The van der Waals surface area contributed by atoms with Crippen molar-refractivity contribution in [2.45, 2.75) is 6.92 Å². The molecule has 1 aliphatic rings. The third-order valence-electron chi connectivity index (χ3n) is 1.24. The van der Waals surface area contributed by atoms with Crippen molar-refractivity contribution in [2.24, 2.45) is 0 Å². The van der Waals surface area contributed by atoms with E-state index in [2.05, 4.69) is 0 Å². The number of hydrogen-bond acceptors (Lipinski definition) is 3. The Balaban J connectivity index is 2.79. The van der Waals surface area contributed by atoms with Crippen LogP contribution in [0.5, 0.6) is 0 Å². The summed E-state index contributed by atoms with van der Waals surface area (Å²) in [4.78, 5) is 10.4. The Morgan fingerprint density at radius 3 is 2.11 bits per heavy atom. The lowest BCUT2D eigenvalue weighted by molar-refractivity contribution is -0.124. The average molecular weight is 149 g/mol. The third-order valence-corrected chi connectivity index (χ3v) is 3.05. The summed E-state index contributed by atoms with van der Waals surface area (Å²) in [5.74, 6) is -0.270. The van der Waals surface area contributed by atoms with Crippen molar-refractivity contribution in [3.05, 3.63) is 0 Å². The standard InChI is InChI=1S/C4H7NO3S/c1-4(6)5-2-3-9(5,7)8/h2-3H2,1H3. The predicted molar refractivity (Wildman–Crippen MR) is 31.2 cm³/mol. The summed E-state index contributed by atoms with van der Waals surface area (Å²) in [6.45, 7) is 1.61. The molecule has 0 aromatic heterocycles. The van der Waals surface area contributed by atoms with Crippen molar-refractivity contribution in [1.82, 2.24) is 4.31 Å². The third kappa shape index (κ3) is 0.917. The number of amides is 1. The fourth-order valence-electron chi connectivity index (χ4n) is 0.685. The van der Waals surface area contributed by atoms with Crippen LogP contribution < -0.4 is 0 Å². The summed E-state index contributed by atoms with van der Waals surface area (Å²) in [6, 6.07) is 0. The second-order valence-electron chi connectivity index (χ2n) is 1.91. The van der Waals surface area contributed by atoms with Gasteiger partial charge in [0.2, 0.25) is 15.9 Å². The molecular formula is C4H7NO3S. The van der Waals surface area contributed by atoms with Gasteiger partial charge in [-0.05, 0) is 0 Å². The maximum Gasteiger partial charge on any atom is 0.239 e. The maximum absolute atomic E-state index is 10.6. The molecule has 0 aromatic carbocycles. The molecule has 0 aromatic rings. The highest BCUT2D eigenvalue weighted by Crippen LogP contribution is 2.11. The highest BCUT2D eigenvalue weighted by Gasteiger charge is 2.34. The van der Waals surface area contributed by atoms with E-state index in [0.717, 1.165) is 4.31 Å². The SMILES string of the molecule is CC(=O)N1CCS1(=O)=O. The van der Waals surface area contributed by atoms with Crippen LogP contribution in [-0.4, -0.2) is 30.9 Å². The van der Waals surface area contributed by atoms with Crippen LogP contribution >= 0.6 is 0 Å². The molecule has 0 radical (unpaired) electrons. The Kier molecular flexibility index (Phi) is 1.23. The first kappa shape index (κ1) is 6.54. The molecule has 0 aliphatic carbocycles. The molecule has 1 rings (SSSR count). The largest absolute Gasteiger partial charge is 0.274 e. The van der Waals surface area contributed by atoms with Gasteiger partial charge >= 0.3 is 0 Å². The molecule has 0 saturated carbocycles. The number of carbonyl (C=O) groups excluding carboxylic acids is 1. The summed E-state index contributed by atoms with van der Waals surface area (Å²) in [6.07, 6.45) is 0. The van der Waals surface area contributed by atoms with Crippen LogP contribution in [0.2, 0.25) is 0 Å². The topological polar surface area (TPSA) is 54.5 Å². The molecule has 0 spiro atoms. The van der Waals surface area contributed by atoms with E-state index in [9.17, 15) is 13.2 Å². The van der Waals surface area contributed by atoms with E-state index in [1.54, 1.807) is 0 Å². The van der Waals surface area contributed by atoms with Crippen LogP contribution in [0.4, 0.5) is 0 Å². The highest BCUT2D eigenvalue weighted by atomic mass is 32.2. The molecule has 9 heavy (non-hydrogen) atoms. The van der Waals surface area contributed by atoms with Crippen molar-refractivity contribution in [1.29, 1.82) is 0 Å². The minimum Gasteiger partial charge on any atom is -0.274 e. The average Bonchev–Trinajstić information content (AvgIpc) is 1.62. The molecule has 52 valence electrons. The molecule has 1 saturated heterocycles. The lowest BCUT2D eigenvalue weighted by Crippen LogP contribution is -2.49. The van der Waals surface area contributed by atoms with Gasteiger partial charge in [-0.2, -0.15) is 0 Å². The van der Waals surface area contributed by atoms with Gasteiger partial charge in [0.1, 0.15) is 0 Å². The number of carbonyl (C=O) groups is 1. The first-order valence-electron chi connectivity index (χ1n) is 2.55. The Labute approximate surface area is 53.5 Å². The van der Waals surface area contributed by atoms with E-state index in [0.29, 0.717) is 6.54 Å². The van der Waals surface area contributed by atoms with Crippen molar-refractivity contribution in [2.75, 3.05) is 12.3 Å². The molecule has 5 heteroatoms. The summed E-state index contributed by atoms with van der Waals surface area (Å²) < 4.78 is 22.0. The molecule has 1 amide bonds. The van der Waals surface area contributed by atoms with Gasteiger partial charge in [-0.25, -0.2) is 12.7 Å². The van der Waals surface area contributed by atoms with Gasteiger partial charge in [-0.15, -0.1) is 0 Å². The zero-order valence-corrected chi connectivity index (χ0v) is 5.81. The highest BCUT2D eigenvalue weighted by molar-refractivity contribution is 7.90. The van der Waals surface area contributed by atoms with Crippen LogP contribution in [0, 0.1) is 0 Å². The number of sulfonamides is 1. The summed E-state index contributed by atoms with van der Waals surface area (Å²) in [5.41, 5.74) is 0. The molecule has 1 heterocycles. The van der Waals surface area contributed by atoms with E-state index in [1.807, 2.05) is 0 Å². The van der Waals surface area contributed by atoms with Crippen molar-refractivity contribution in [3.63, 3.8) is 0 Å². The molecule has 4 nitrogen and oxygen atoms in total. The minimum absolute atomic E-state index is 0.118. The second kappa shape index (κ2) is 1.70. The Morgan fingerprint density at radius 2 is 2.11 bits per heavy atom.